The van der Waals surface area contributed by atoms with Gasteiger partial charge in [-0.3, -0.25) is 0 Å². The molecule has 2 rings (SSSR count). The highest BCUT2D eigenvalue weighted by atomic mass is 16.1. The predicted octanol–water partition coefficient (Wildman–Crippen LogP) is 3.48. The van der Waals surface area contributed by atoms with Crippen LogP contribution in [0, 0.1) is 0 Å². The Bertz CT molecular complexity index is 324. The quantitative estimate of drug-likeness (QED) is 0.686. The van der Waals surface area contributed by atoms with Crippen LogP contribution in [0.3, 0.4) is 0 Å². The summed E-state index contributed by atoms with van der Waals surface area (Å²) in [5, 5.41) is 0. The number of hydrogen-bond acceptors (Lipinski definition) is 1. The van der Waals surface area contributed by atoms with E-state index in [0.29, 0.717) is 12.3 Å². The molecule has 1 nitrogen and oxygen atoms in total. The van der Waals surface area contributed by atoms with Gasteiger partial charge >= 0.3 is 0 Å². The molecule has 0 spiro atoms. The lowest BCUT2D eigenvalue weighted by molar-refractivity contribution is -0.107. The molecule has 1 aliphatic carbocycles. The molecule has 1 heteroatoms. The van der Waals surface area contributed by atoms with Crippen molar-refractivity contribution in [1.29, 1.82) is 0 Å². The number of aldehydes is 1. The molecule has 0 saturated heterocycles. The molecule has 0 N–H and O–H groups in total. The van der Waals surface area contributed by atoms with E-state index >= 15 is 0 Å². The Hall–Kier alpha value is -1.11. The van der Waals surface area contributed by atoms with Gasteiger partial charge < -0.3 is 4.79 Å². The smallest absolute Gasteiger partial charge is 0.124 e. The number of rotatable bonds is 3. The van der Waals surface area contributed by atoms with Crippen molar-refractivity contribution in [3.05, 3.63) is 35.4 Å². The van der Waals surface area contributed by atoms with Crippen molar-refractivity contribution in [2.45, 2.75) is 44.4 Å². The second kappa shape index (κ2) is 5.11. The van der Waals surface area contributed by atoms with Gasteiger partial charge in [-0.05, 0) is 29.9 Å². The maximum atomic E-state index is 10.6. The van der Waals surface area contributed by atoms with Gasteiger partial charge in [-0.15, -0.1) is 0 Å². The number of carbonyl (C=O) groups excluding carboxylic acids is 1. The highest BCUT2D eigenvalue weighted by Crippen LogP contribution is 2.34. The number of carbonyl (C=O) groups is 1. The van der Waals surface area contributed by atoms with Gasteiger partial charge in [0.1, 0.15) is 6.29 Å². The van der Waals surface area contributed by atoms with E-state index in [0.717, 1.165) is 6.29 Å². The molecule has 15 heavy (non-hydrogen) atoms. The minimum absolute atomic E-state index is 0.576. The summed E-state index contributed by atoms with van der Waals surface area (Å²) in [7, 11) is 0. The molecule has 80 valence electrons. The molecule has 0 atom stereocenters. The van der Waals surface area contributed by atoms with E-state index in [1.54, 1.807) is 0 Å². The molecule has 1 aliphatic rings. The molecule has 1 aromatic rings. The Morgan fingerprint density at radius 1 is 1.13 bits per heavy atom. The van der Waals surface area contributed by atoms with E-state index < -0.39 is 0 Å². The fourth-order valence-corrected chi connectivity index (χ4v) is 2.62. The Morgan fingerprint density at radius 2 is 1.87 bits per heavy atom. The first-order valence-electron chi connectivity index (χ1n) is 5.93. The SMILES string of the molecule is O=CCc1ccccc1C1CCCCC1. The monoisotopic (exact) mass is 202 g/mol. The summed E-state index contributed by atoms with van der Waals surface area (Å²) in [4.78, 5) is 10.6. The molecular weight excluding hydrogens is 184 g/mol. The Labute approximate surface area is 91.5 Å². The predicted molar refractivity (Wildman–Crippen MR) is 62.0 cm³/mol. The molecule has 1 saturated carbocycles. The summed E-state index contributed by atoms with van der Waals surface area (Å²) < 4.78 is 0. The maximum Gasteiger partial charge on any atom is 0.124 e. The van der Waals surface area contributed by atoms with E-state index in [-0.39, 0.29) is 0 Å². The minimum Gasteiger partial charge on any atom is -0.303 e. The van der Waals surface area contributed by atoms with Crippen LogP contribution in [0.15, 0.2) is 24.3 Å². The Balaban J connectivity index is 2.20. The van der Waals surface area contributed by atoms with Crippen molar-refractivity contribution in [2.24, 2.45) is 0 Å². The van der Waals surface area contributed by atoms with Gasteiger partial charge in [0.2, 0.25) is 0 Å². The van der Waals surface area contributed by atoms with Crippen LogP contribution in [0.4, 0.5) is 0 Å². The molecule has 0 amide bonds. The van der Waals surface area contributed by atoms with E-state index in [4.69, 9.17) is 0 Å². The fourth-order valence-electron chi connectivity index (χ4n) is 2.62. The van der Waals surface area contributed by atoms with Crippen LogP contribution in [0.1, 0.15) is 49.1 Å². The van der Waals surface area contributed by atoms with Crippen molar-refractivity contribution < 1.29 is 4.79 Å². The normalized spacial score (nSPS) is 17.6. The number of hydrogen-bond donors (Lipinski definition) is 0. The number of benzene rings is 1. The van der Waals surface area contributed by atoms with Crippen LogP contribution in [-0.2, 0) is 11.2 Å². The zero-order chi connectivity index (χ0) is 10.5. The first-order valence-corrected chi connectivity index (χ1v) is 5.93. The molecule has 0 unspecified atom stereocenters. The Kier molecular flexibility index (Phi) is 3.54. The third-order valence-electron chi connectivity index (χ3n) is 3.40. The largest absolute Gasteiger partial charge is 0.303 e. The van der Waals surface area contributed by atoms with E-state index in [9.17, 15) is 4.79 Å². The van der Waals surface area contributed by atoms with E-state index in [2.05, 4.69) is 18.2 Å². The van der Waals surface area contributed by atoms with Gasteiger partial charge in [0, 0.05) is 6.42 Å². The third kappa shape index (κ3) is 2.47. The molecule has 0 bridgehead atoms. The maximum absolute atomic E-state index is 10.6. The second-order valence-electron chi connectivity index (χ2n) is 4.40. The first kappa shape index (κ1) is 10.4. The van der Waals surface area contributed by atoms with Gasteiger partial charge in [-0.1, -0.05) is 43.5 Å². The zero-order valence-electron chi connectivity index (χ0n) is 9.11. The highest BCUT2D eigenvalue weighted by Gasteiger charge is 2.17. The Morgan fingerprint density at radius 3 is 2.60 bits per heavy atom. The molecular formula is C14H18O. The minimum atomic E-state index is 0.576. The first-order chi connectivity index (χ1) is 7.42. The highest BCUT2D eigenvalue weighted by molar-refractivity contribution is 5.56. The van der Waals surface area contributed by atoms with E-state index in [1.807, 2.05) is 6.07 Å². The van der Waals surface area contributed by atoms with Crippen LogP contribution in [0.5, 0.6) is 0 Å². The molecule has 0 heterocycles. The topological polar surface area (TPSA) is 17.1 Å². The van der Waals surface area contributed by atoms with Crippen molar-refractivity contribution in [1.82, 2.24) is 0 Å². The summed E-state index contributed by atoms with van der Waals surface area (Å²) in [6, 6.07) is 8.43. The lowest BCUT2D eigenvalue weighted by atomic mass is 9.82. The lowest BCUT2D eigenvalue weighted by Crippen LogP contribution is -2.07. The fraction of sp³-hybridized carbons (Fsp3) is 0.500. The molecule has 1 aromatic carbocycles. The molecule has 0 aromatic heterocycles. The summed E-state index contributed by atoms with van der Waals surface area (Å²) in [6.07, 6.45) is 8.27. The van der Waals surface area contributed by atoms with Crippen LogP contribution in [-0.4, -0.2) is 6.29 Å². The molecule has 0 radical (unpaired) electrons. The summed E-state index contributed by atoms with van der Waals surface area (Å²) in [6.45, 7) is 0. The molecule has 1 fully saturated rings. The van der Waals surface area contributed by atoms with Crippen LogP contribution in [0.25, 0.3) is 0 Å². The summed E-state index contributed by atoms with van der Waals surface area (Å²) in [5.41, 5.74) is 2.66. The standard InChI is InChI=1S/C14H18O/c15-11-10-13-8-4-5-9-14(13)12-6-2-1-3-7-12/h4-5,8-9,11-12H,1-3,6-7,10H2. The summed E-state index contributed by atoms with van der Waals surface area (Å²) in [5.74, 6) is 0.704. The van der Waals surface area contributed by atoms with Gasteiger partial charge in [-0.2, -0.15) is 0 Å². The molecule has 0 aliphatic heterocycles. The van der Waals surface area contributed by atoms with Gasteiger partial charge in [0.15, 0.2) is 0 Å². The van der Waals surface area contributed by atoms with E-state index in [1.165, 1.54) is 43.2 Å². The van der Waals surface area contributed by atoms with Gasteiger partial charge in [-0.25, -0.2) is 0 Å². The lowest BCUT2D eigenvalue weighted by Gasteiger charge is -2.23. The second-order valence-corrected chi connectivity index (χ2v) is 4.40. The third-order valence-corrected chi connectivity index (χ3v) is 3.40. The van der Waals surface area contributed by atoms with Crippen LogP contribution < -0.4 is 0 Å². The van der Waals surface area contributed by atoms with Gasteiger partial charge in [0.05, 0.1) is 0 Å². The summed E-state index contributed by atoms with van der Waals surface area (Å²) >= 11 is 0. The average molecular weight is 202 g/mol. The van der Waals surface area contributed by atoms with Crippen molar-refractivity contribution in [3.63, 3.8) is 0 Å². The average Bonchev–Trinajstić information content (AvgIpc) is 2.31. The van der Waals surface area contributed by atoms with Crippen molar-refractivity contribution in [3.8, 4) is 0 Å². The van der Waals surface area contributed by atoms with Crippen LogP contribution >= 0.6 is 0 Å². The van der Waals surface area contributed by atoms with Crippen molar-refractivity contribution >= 4 is 6.29 Å². The van der Waals surface area contributed by atoms with Crippen molar-refractivity contribution in [2.75, 3.05) is 0 Å². The van der Waals surface area contributed by atoms with Gasteiger partial charge in [0.25, 0.3) is 0 Å². The van der Waals surface area contributed by atoms with Crippen LogP contribution in [0.2, 0.25) is 0 Å². The zero-order valence-corrected chi connectivity index (χ0v) is 9.11.